The largest absolute Gasteiger partial charge is 0.364 e. The highest BCUT2D eigenvalue weighted by atomic mass is 35.5. The molecular formula is C18H22Cl2N4S3. The van der Waals surface area contributed by atoms with E-state index < -0.39 is 0 Å². The molecule has 0 aliphatic carbocycles. The summed E-state index contributed by atoms with van der Waals surface area (Å²) in [5.41, 5.74) is 1.87. The van der Waals surface area contributed by atoms with Gasteiger partial charge in [-0.2, -0.15) is 23.5 Å². The van der Waals surface area contributed by atoms with E-state index in [1.165, 1.54) is 0 Å². The summed E-state index contributed by atoms with van der Waals surface area (Å²) in [7, 11) is 0. The minimum atomic E-state index is 0.726. The van der Waals surface area contributed by atoms with Gasteiger partial charge in [0.1, 0.15) is 0 Å². The van der Waals surface area contributed by atoms with Crippen LogP contribution in [-0.4, -0.2) is 46.0 Å². The maximum atomic E-state index is 6.11. The van der Waals surface area contributed by atoms with E-state index in [9.17, 15) is 0 Å². The van der Waals surface area contributed by atoms with Crippen LogP contribution in [0.4, 0.5) is 0 Å². The molecule has 2 heterocycles. The minimum Gasteiger partial charge on any atom is -0.364 e. The molecule has 1 N–H and O–H groups in total. The molecule has 0 aliphatic heterocycles. The van der Waals surface area contributed by atoms with Gasteiger partial charge in [0.25, 0.3) is 0 Å². The molecule has 0 saturated heterocycles. The van der Waals surface area contributed by atoms with Crippen LogP contribution in [-0.2, 0) is 11.5 Å². The van der Waals surface area contributed by atoms with E-state index in [1.807, 2.05) is 30.5 Å². The average Bonchev–Trinajstić information content (AvgIpc) is 2.68. The van der Waals surface area contributed by atoms with E-state index in [4.69, 9.17) is 23.2 Å². The van der Waals surface area contributed by atoms with Crippen LogP contribution >= 0.6 is 58.5 Å². The van der Waals surface area contributed by atoms with Crippen molar-refractivity contribution in [1.29, 1.82) is 0 Å². The first-order chi connectivity index (χ1) is 13.2. The Bertz CT molecular complexity index is 731. The van der Waals surface area contributed by atoms with Gasteiger partial charge in [0.05, 0.1) is 28.0 Å². The van der Waals surface area contributed by atoms with Gasteiger partial charge in [-0.1, -0.05) is 35.0 Å². The number of nitrogens with zero attached hydrogens (tertiary/aromatic N) is 3. The van der Waals surface area contributed by atoms with Gasteiger partial charge in [-0.3, -0.25) is 15.0 Å². The summed E-state index contributed by atoms with van der Waals surface area (Å²) in [6, 6.07) is 7.45. The highest BCUT2D eigenvalue weighted by Gasteiger charge is 2.02. The number of pyridine rings is 2. The van der Waals surface area contributed by atoms with Gasteiger partial charge >= 0.3 is 0 Å². The smallest absolute Gasteiger partial charge is 0.156 e. The van der Waals surface area contributed by atoms with E-state index >= 15 is 0 Å². The summed E-state index contributed by atoms with van der Waals surface area (Å²) in [4.78, 5) is 13.2. The molecule has 27 heavy (non-hydrogen) atoms. The molecule has 0 aromatic carbocycles. The molecule has 0 bridgehead atoms. The van der Waals surface area contributed by atoms with Crippen LogP contribution in [0, 0.1) is 0 Å². The summed E-state index contributed by atoms with van der Waals surface area (Å²) in [5, 5.41) is 5.82. The van der Waals surface area contributed by atoms with E-state index in [1.54, 1.807) is 47.7 Å². The molecule has 0 spiro atoms. The van der Waals surface area contributed by atoms with Crippen LogP contribution in [0.3, 0.4) is 0 Å². The molecule has 0 amide bonds. The third-order valence-electron chi connectivity index (χ3n) is 3.35. The Morgan fingerprint density at radius 2 is 1.59 bits per heavy atom. The fourth-order valence-corrected chi connectivity index (χ4v) is 4.63. The number of nitrogens with one attached hydrogen (secondary N) is 1. The van der Waals surface area contributed by atoms with Crippen LogP contribution in [0.15, 0.2) is 41.7 Å². The number of rotatable bonds is 10. The van der Waals surface area contributed by atoms with Crippen LogP contribution in [0.1, 0.15) is 11.4 Å². The molecule has 0 aliphatic rings. The first-order valence-electron chi connectivity index (χ1n) is 8.37. The van der Waals surface area contributed by atoms with E-state index in [0.29, 0.717) is 0 Å². The van der Waals surface area contributed by atoms with Crippen molar-refractivity contribution in [3.8, 4) is 0 Å². The van der Waals surface area contributed by atoms with Crippen LogP contribution in [0.25, 0.3) is 0 Å². The van der Waals surface area contributed by atoms with Crippen LogP contribution < -0.4 is 5.32 Å². The molecule has 2 rings (SSSR count). The first kappa shape index (κ1) is 22.7. The standard InChI is InChI=1S/C18H22Cl2N4S3/c1-25-18(23-8-10-26-12-16-14(19)4-2-6-21-16)24-9-11-27-13-17-15(20)5-3-7-22-17/h2-7H,8-13H2,1H3,(H,23,24). The Morgan fingerprint density at radius 3 is 2.15 bits per heavy atom. The number of thioether (sulfide) groups is 3. The highest BCUT2D eigenvalue weighted by Crippen LogP contribution is 2.19. The fraction of sp³-hybridized carbons (Fsp3) is 0.389. The Kier molecular flexibility index (Phi) is 11.4. The normalized spacial score (nSPS) is 11.6. The third-order valence-corrected chi connectivity index (χ3v) is 6.62. The second kappa shape index (κ2) is 13.6. The molecule has 4 nitrogen and oxygen atoms in total. The summed E-state index contributed by atoms with van der Waals surface area (Å²) in [6.07, 6.45) is 5.58. The molecule has 146 valence electrons. The molecule has 0 fully saturated rings. The lowest BCUT2D eigenvalue weighted by atomic mass is 10.4. The van der Waals surface area contributed by atoms with Gasteiger partial charge in [0.2, 0.25) is 0 Å². The molecule has 2 aromatic rings. The molecule has 0 atom stereocenters. The van der Waals surface area contributed by atoms with Crippen molar-refractivity contribution in [3.05, 3.63) is 58.1 Å². The molecule has 2 aromatic heterocycles. The second-order valence-electron chi connectivity index (χ2n) is 5.29. The first-order valence-corrected chi connectivity index (χ1v) is 12.7. The monoisotopic (exact) mass is 460 g/mol. The zero-order valence-corrected chi connectivity index (χ0v) is 19.0. The molecule has 0 saturated carbocycles. The van der Waals surface area contributed by atoms with Gasteiger partial charge < -0.3 is 5.32 Å². The average molecular weight is 462 g/mol. The molecule has 0 radical (unpaired) electrons. The Labute approximate surface area is 183 Å². The molecule has 9 heteroatoms. The van der Waals surface area contributed by atoms with Crippen molar-refractivity contribution < 1.29 is 0 Å². The third kappa shape index (κ3) is 8.96. The van der Waals surface area contributed by atoms with E-state index in [0.717, 1.165) is 62.7 Å². The number of halogens is 2. The summed E-state index contributed by atoms with van der Waals surface area (Å²) >= 11 is 17.5. The van der Waals surface area contributed by atoms with Gasteiger partial charge in [0.15, 0.2) is 5.17 Å². The summed E-state index contributed by atoms with van der Waals surface area (Å²) < 4.78 is 0. The van der Waals surface area contributed by atoms with Gasteiger partial charge in [0, 0.05) is 41.9 Å². The Morgan fingerprint density at radius 1 is 1.00 bits per heavy atom. The van der Waals surface area contributed by atoms with Gasteiger partial charge in [-0.25, -0.2) is 0 Å². The Hall–Kier alpha value is -0.600. The SMILES string of the molecule is CSC(=NCCSCc1ncccc1Cl)NCCSCc1ncccc1Cl. The maximum Gasteiger partial charge on any atom is 0.156 e. The second-order valence-corrected chi connectivity index (χ2v) is 9.11. The van der Waals surface area contributed by atoms with E-state index in [-0.39, 0.29) is 0 Å². The highest BCUT2D eigenvalue weighted by molar-refractivity contribution is 8.13. The predicted octanol–water partition coefficient (Wildman–Crippen LogP) is 5.26. The summed E-state index contributed by atoms with van der Waals surface area (Å²) in [6.45, 7) is 1.64. The molecule has 0 unspecified atom stereocenters. The lowest BCUT2D eigenvalue weighted by Crippen LogP contribution is -2.23. The topological polar surface area (TPSA) is 50.2 Å². The van der Waals surface area contributed by atoms with E-state index in [2.05, 4.69) is 20.3 Å². The minimum absolute atomic E-state index is 0.726. The number of hydrogen-bond acceptors (Lipinski definition) is 6. The number of hydrogen-bond donors (Lipinski definition) is 1. The number of aliphatic imine (C=N–C) groups is 1. The number of amidine groups is 1. The van der Waals surface area contributed by atoms with Gasteiger partial charge in [-0.05, 0) is 30.5 Å². The van der Waals surface area contributed by atoms with Crippen LogP contribution in [0.5, 0.6) is 0 Å². The van der Waals surface area contributed by atoms with Crippen molar-refractivity contribution in [3.63, 3.8) is 0 Å². The van der Waals surface area contributed by atoms with Crippen LogP contribution in [0.2, 0.25) is 10.0 Å². The van der Waals surface area contributed by atoms with Crippen molar-refractivity contribution in [1.82, 2.24) is 15.3 Å². The molecular weight excluding hydrogens is 439 g/mol. The number of aromatic nitrogens is 2. The van der Waals surface area contributed by atoms with Crippen molar-refractivity contribution in [2.24, 2.45) is 4.99 Å². The zero-order valence-electron chi connectivity index (χ0n) is 15.0. The Balaban J connectivity index is 1.59. The van der Waals surface area contributed by atoms with Gasteiger partial charge in [-0.15, -0.1) is 0 Å². The van der Waals surface area contributed by atoms with Crippen molar-refractivity contribution in [2.45, 2.75) is 11.5 Å². The zero-order chi connectivity index (χ0) is 19.3. The fourth-order valence-electron chi connectivity index (χ4n) is 2.02. The van der Waals surface area contributed by atoms with Crippen molar-refractivity contribution >= 4 is 63.7 Å². The quantitative estimate of drug-likeness (QED) is 0.296. The van der Waals surface area contributed by atoms with Crippen molar-refractivity contribution in [2.75, 3.05) is 30.9 Å². The lowest BCUT2D eigenvalue weighted by molar-refractivity contribution is 0.974. The predicted molar refractivity (Wildman–Crippen MR) is 125 cm³/mol. The summed E-state index contributed by atoms with van der Waals surface area (Å²) in [5.74, 6) is 3.54. The lowest BCUT2D eigenvalue weighted by Gasteiger charge is -2.08. The maximum absolute atomic E-state index is 6.11.